The number of piperidine rings is 1. The molecule has 0 aliphatic carbocycles. The molecule has 3 fully saturated rings. The van der Waals surface area contributed by atoms with Gasteiger partial charge in [-0.2, -0.15) is 0 Å². The molecule has 0 radical (unpaired) electrons. The SMILES string of the molecule is CC1OCCC1CN1CCN2CCCCC2C1. The van der Waals surface area contributed by atoms with E-state index in [1.54, 1.807) is 0 Å². The van der Waals surface area contributed by atoms with Gasteiger partial charge in [0.1, 0.15) is 0 Å². The molecule has 0 spiro atoms. The van der Waals surface area contributed by atoms with E-state index in [0.717, 1.165) is 18.6 Å². The summed E-state index contributed by atoms with van der Waals surface area (Å²) in [4.78, 5) is 5.41. The van der Waals surface area contributed by atoms with Crippen LogP contribution in [0.4, 0.5) is 0 Å². The molecule has 3 heterocycles. The molecule has 3 aliphatic heterocycles. The lowest BCUT2D eigenvalue weighted by Crippen LogP contribution is -2.55. The van der Waals surface area contributed by atoms with Crippen LogP contribution in [0.1, 0.15) is 32.6 Å². The Labute approximate surface area is 105 Å². The number of hydrogen-bond acceptors (Lipinski definition) is 3. The molecule has 0 bridgehead atoms. The Bertz CT molecular complexity index is 259. The number of piperazine rings is 1. The predicted octanol–water partition coefficient (Wildman–Crippen LogP) is 1.58. The lowest BCUT2D eigenvalue weighted by Gasteiger charge is -2.44. The van der Waals surface area contributed by atoms with Crippen molar-refractivity contribution in [3.63, 3.8) is 0 Å². The summed E-state index contributed by atoms with van der Waals surface area (Å²) in [6.07, 6.45) is 6.04. The van der Waals surface area contributed by atoms with Crippen molar-refractivity contribution in [2.45, 2.75) is 44.8 Å². The summed E-state index contributed by atoms with van der Waals surface area (Å²) in [5.41, 5.74) is 0. The average Bonchev–Trinajstić information content (AvgIpc) is 2.75. The number of fused-ring (bicyclic) bond motifs is 1. The Kier molecular flexibility index (Phi) is 3.69. The number of rotatable bonds is 2. The minimum Gasteiger partial charge on any atom is -0.378 e. The van der Waals surface area contributed by atoms with Crippen LogP contribution >= 0.6 is 0 Å². The summed E-state index contributed by atoms with van der Waals surface area (Å²) in [6, 6.07) is 0.857. The highest BCUT2D eigenvalue weighted by Gasteiger charge is 2.32. The van der Waals surface area contributed by atoms with Gasteiger partial charge in [0.25, 0.3) is 0 Å². The monoisotopic (exact) mass is 238 g/mol. The molecule has 3 atom stereocenters. The van der Waals surface area contributed by atoms with E-state index in [9.17, 15) is 0 Å². The average molecular weight is 238 g/mol. The molecule has 3 saturated heterocycles. The van der Waals surface area contributed by atoms with Crippen molar-refractivity contribution >= 4 is 0 Å². The molecule has 0 amide bonds. The second-order valence-corrected chi connectivity index (χ2v) is 6.07. The molecule has 3 aliphatic rings. The first-order valence-electron chi connectivity index (χ1n) is 7.41. The van der Waals surface area contributed by atoms with Crippen LogP contribution in [0.25, 0.3) is 0 Å². The first kappa shape index (κ1) is 11.9. The van der Waals surface area contributed by atoms with Gasteiger partial charge >= 0.3 is 0 Å². The summed E-state index contributed by atoms with van der Waals surface area (Å²) in [5.74, 6) is 0.783. The lowest BCUT2D eigenvalue weighted by molar-refractivity contribution is 0.0317. The molecule has 3 rings (SSSR count). The molecule has 3 unspecified atom stereocenters. The Hall–Kier alpha value is -0.120. The van der Waals surface area contributed by atoms with Crippen LogP contribution in [-0.2, 0) is 4.74 Å². The van der Waals surface area contributed by atoms with E-state index in [-0.39, 0.29) is 0 Å². The van der Waals surface area contributed by atoms with Crippen LogP contribution < -0.4 is 0 Å². The normalized spacial score (nSPS) is 40.4. The van der Waals surface area contributed by atoms with Gasteiger partial charge in [0, 0.05) is 38.8 Å². The van der Waals surface area contributed by atoms with E-state index in [4.69, 9.17) is 4.74 Å². The smallest absolute Gasteiger partial charge is 0.0588 e. The fourth-order valence-electron chi connectivity index (χ4n) is 3.73. The minimum atomic E-state index is 0.486. The van der Waals surface area contributed by atoms with Gasteiger partial charge < -0.3 is 9.64 Å². The van der Waals surface area contributed by atoms with Gasteiger partial charge in [-0.1, -0.05) is 6.42 Å². The zero-order valence-electron chi connectivity index (χ0n) is 11.1. The Morgan fingerprint density at radius 3 is 2.88 bits per heavy atom. The van der Waals surface area contributed by atoms with Gasteiger partial charge in [-0.3, -0.25) is 4.90 Å². The zero-order chi connectivity index (χ0) is 11.7. The number of ether oxygens (including phenoxy) is 1. The van der Waals surface area contributed by atoms with Gasteiger partial charge in [0.2, 0.25) is 0 Å². The highest BCUT2D eigenvalue weighted by molar-refractivity contribution is 4.87. The van der Waals surface area contributed by atoms with Gasteiger partial charge in [0.15, 0.2) is 0 Å². The second-order valence-electron chi connectivity index (χ2n) is 6.07. The summed E-state index contributed by atoms with van der Waals surface area (Å²) in [7, 11) is 0. The number of hydrogen-bond donors (Lipinski definition) is 0. The van der Waals surface area contributed by atoms with Gasteiger partial charge in [-0.25, -0.2) is 0 Å². The largest absolute Gasteiger partial charge is 0.378 e. The fourth-order valence-corrected chi connectivity index (χ4v) is 3.73. The molecule has 0 aromatic carbocycles. The van der Waals surface area contributed by atoms with Crippen molar-refractivity contribution in [3.8, 4) is 0 Å². The summed E-state index contributed by atoms with van der Waals surface area (Å²) < 4.78 is 5.68. The fraction of sp³-hybridized carbons (Fsp3) is 1.00. The maximum absolute atomic E-state index is 5.68. The van der Waals surface area contributed by atoms with Crippen LogP contribution in [0.2, 0.25) is 0 Å². The minimum absolute atomic E-state index is 0.486. The molecule has 0 aromatic rings. The van der Waals surface area contributed by atoms with Crippen LogP contribution in [0.5, 0.6) is 0 Å². The molecule has 0 saturated carbocycles. The molecular weight excluding hydrogens is 212 g/mol. The summed E-state index contributed by atoms with van der Waals surface area (Å²) >= 11 is 0. The third-order valence-corrected chi connectivity index (χ3v) is 4.95. The van der Waals surface area contributed by atoms with E-state index in [2.05, 4.69) is 16.7 Å². The summed E-state index contributed by atoms with van der Waals surface area (Å²) in [6.45, 7) is 9.73. The van der Waals surface area contributed by atoms with E-state index < -0.39 is 0 Å². The van der Waals surface area contributed by atoms with E-state index in [0.29, 0.717) is 6.10 Å². The predicted molar refractivity (Wildman–Crippen MR) is 69.2 cm³/mol. The third-order valence-electron chi connectivity index (χ3n) is 4.95. The van der Waals surface area contributed by atoms with E-state index in [1.165, 1.54) is 58.4 Å². The molecule has 3 nitrogen and oxygen atoms in total. The topological polar surface area (TPSA) is 15.7 Å². The standard InChI is InChI=1S/C14H26N2O/c1-12-13(5-9-17-12)10-15-7-8-16-6-3-2-4-14(16)11-15/h12-14H,2-11H2,1H3. The first-order chi connectivity index (χ1) is 8.33. The molecule has 98 valence electrons. The molecule has 3 heteroatoms. The number of nitrogens with zero attached hydrogens (tertiary/aromatic N) is 2. The van der Waals surface area contributed by atoms with Crippen LogP contribution in [0, 0.1) is 5.92 Å². The van der Waals surface area contributed by atoms with Crippen molar-refractivity contribution in [1.82, 2.24) is 9.80 Å². The maximum Gasteiger partial charge on any atom is 0.0588 e. The van der Waals surface area contributed by atoms with Crippen molar-refractivity contribution in [2.24, 2.45) is 5.92 Å². The van der Waals surface area contributed by atoms with Crippen LogP contribution in [0.3, 0.4) is 0 Å². The van der Waals surface area contributed by atoms with Crippen molar-refractivity contribution in [1.29, 1.82) is 0 Å². The quantitative estimate of drug-likeness (QED) is 0.726. The van der Waals surface area contributed by atoms with Crippen molar-refractivity contribution in [3.05, 3.63) is 0 Å². The summed E-state index contributed by atoms with van der Waals surface area (Å²) in [5, 5.41) is 0. The third kappa shape index (κ3) is 2.67. The first-order valence-corrected chi connectivity index (χ1v) is 7.41. The van der Waals surface area contributed by atoms with Crippen LogP contribution in [-0.4, -0.2) is 61.3 Å². The maximum atomic E-state index is 5.68. The molecule has 0 aromatic heterocycles. The van der Waals surface area contributed by atoms with Gasteiger partial charge in [0.05, 0.1) is 6.10 Å². The van der Waals surface area contributed by atoms with Crippen molar-refractivity contribution < 1.29 is 4.74 Å². The molecular formula is C14H26N2O. The van der Waals surface area contributed by atoms with Crippen LogP contribution in [0.15, 0.2) is 0 Å². The Balaban J connectivity index is 1.51. The second kappa shape index (κ2) is 5.25. The van der Waals surface area contributed by atoms with Crippen molar-refractivity contribution in [2.75, 3.05) is 39.3 Å². The lowest BCUT2D eigenvalue weighted by atomic mass is 9.97. The molecule has 17 heavy (non-hydrogen) atoms. The van der Waals surface area contributed by atoms with Gasteiger partial charge in [-0.15, -0.1) is 0 Å². The molecule has 0 N–H and O–H groups in total. The van der Waals surface area contributed by atoms with Gasteiger partial charge in [-0.05, 0) is 38.6 Å². The Morgan fingerprint density at radius 2 is 2.06 bits per heavy atom. The Morgan fingerprint density at radius 1 is 1.12 bits per heavy atom. The van der Waals surface area contributed by atoms with E-state index in [1.807, 2.05) is 0 Å². The van der Waals surface area contributed by atoms with E-state index >= 15 is 0 Å². The zero-order valence-corrected chi connectivity index (χ0v) is 11.1. The highest BCUT2D eigenvalue weighted by Crippen LogP contribution is 2.25. The highest BCUT2D eigenvalue weighted by atomic mass is 16.5.